The third-order valence-corrected chi connectivity index (χ3v) is 1.26. The Hall–Kier alpha value is 0.430. The summed E-state index contributed by atoms with van der Waals surface area (Å²) in [6.07, 6.45) is 0. The van der Waals surface area contributed by atoms with Gasteiger partial charge in [0.1, 0.15) is 0 Å². The molecule has 0 fully saturated rings. The van der Waals surface area contributed by atoms with Crippen molar-refractivity contribution in [3.63, 3.8) is 0 Å². The minimum absolute atomic E-state index is 0. The summed E-state index contributed by atoms with van der Waals surface area (Å²) in [5.74, 6) is 0. The molecule has 0 saturated carbocycles. The maximum absolute atomic E-state index is 9.39. The predicted molar refractivity (Wildman–Crippen MR) is 31.1 cm³/mol. The third-order valence-electron chi connectivity index (χ3n) is 0.140. The van der Waals surface area contributed by atoms with Crippen molar-refractivity contribution < 1.29 is 23.2 Å². The first-order valence-corrected chi connectivity index (χ1v) is 3.39. The highest BCUT2D eigenvalue weighted by Crippen LogP contribution is 2.30. The van der Waals surface area contributed by atoms with E-state index in [-0.39, 0.29) is 13.5 Å². The lowest BCUT2D eigenvalue weighted by Gasteiger charge is -1.50. The minimum atomic E-state index is -2.92. The Labute approximate surface area is 54.0 Å². The number of rotatable bonds is 2. The van der Waals surface area contributed by atoms with Gasteiger partial charge in [-0.25, -0.2) is 0 Å². The van der Waals surface area contributed by atoms with E-state index < -0.39 is 16.5 Å². The molecule has 0 bridgehead atoms. The van der Waals surface area contributed by atoms with E-state index in [1.54, 1.807) is 0 Å². The van der Waals surface area contributed by atoms with Gasteiger partial charge in [0.05, 0.1) is 0 Å². The molecular weight excluding hydrogens is 174 g/mol. The van der Waals surface area contributed by atoms with Crippen molar-refractivity contribution in [1.82, 2.24) is 0 Å². The van der Waals surface area contributed by atoms with E-state index in [2.05, 4.69) is 4.31 Å². The van der Waals surface area contributed by atoms with Crippen LogP contribution in [0.1, 0.15) is 0 Å². The van der Waals surface area contributed by atoms with E-state index in [0.717, 1.165) is 0 Å². The van der Waals surface area contributed by atoms with Crippen LogP contribution in [0.2, 0.25) is 0 Å². The fourth-order valence-electron chi connectivity index (χ4n) is 0.0598. The van der Waals surface area contributed by atoms with Crippen molar-refractivity contribution in [3.8, 4) is 0 Å². The first-order valence-electron chi connectivity index (χ1n) is 1.13. The van der Waals surface area contributed by atoms with Crippen LogP contribution < -0.4 is 0 Å². The molecular formula is H4O5P2S+2. The average Bonchev–Trinajstić information content (AvgIpc) is 1.27. The van der Waals surface area contributed by atoms with Crippen molar-refractivity contribution >= 4 is 30.0 Å². The van der Waals surface area contributed by atoms with Gasteiger partial charge in [0.25, 0.3) is 0 Å². The van der Waals surface area contributed by atoms with Gasteiger partial charge >= 0.3 is 16.5 Å². The summed E-state index contributed by atoms with van der Waals surface area (Å²) in [4.78, 5) is 15.3. The topological polar surface area (TPSA) is 83.8 Å². The maximum atomic E-state index is 9.39. The second kappa shape index (κ2) is 5.56. The molecule has 5 nitrogen and oxygen atoms in total. The van der Waals surface area contributed by atoms with E-state index in [1.165, 1.54) is 0 Å². The van der Waals surface area contributed by atoms with Crippen molar-refractivity contribution in [2.45, 2.75) is 0 Å². The molecule has 0 radical (unpaired) electrons. The van der Waals surface area contributed by atoms with Gasteiger partial charge in [0.2, 0.25) is 0 Å². The van der Waals surface area contributed by atoms with Crippen LogP contribution in [0, 0.1) is 0 Å². The summed E-state index contributed by atoms with van der Waals surface area (Å²) >= 11 is 0. The van der Waals surface area contributed by atoms with Crippen LogP contribution in [0.25, 0.3) is 0 Å². The molecule has 0 aromatic carbocycles. The summed E-state index contributed by atoms with van der Waals surface area (Å²) in [7, 11) is -5.85. The van der Waals surface area contributed by atoms with Gasteiger partial charge in [-0.2, -0.15) is 13.5 Å². The van der Waals surface area contributed by atoms with Gasteiger partial charge in [-0.3, -0.25) is 0 Å². The lowest BCUT2D eigenvalue weighted by Crippen LogP contribution is -1.58. The van der Waals surface area contributed by atoms with Crippen molar-refractivity contribution in [1.29, 1.82) is 0 Å². The molecule has 2 atom stereocenters. The van der Waals surface area contributed by atoms with Crippen LogP contribution in [-0.4, -0.2) is 9.79 Å². The molecule has 0 aliphatic carbocycles. The Kier molecular flexibility index (Phi) is 7.83. The average molecular weight is 178 g/mol. The van der Waals surface area contributed by atoms with E-state index in [9.17, 15) is 9.13 Å². The molecule has 0 spiro atoms. The molecule has 8 heteroatoms. The molecule has 48 valence electrons. The minimum Gasteiger partial charge on any atom is -0.197 e. The van der Waals surface area contributed by atoms with Crippen molar-refractivity contribution in [2.75, 3.05) is 0 Å². The molecule has 0 heterocycles. The zero-order valence-corrected chi connectivity index (χ0v) is 6.30. The Morgan fingerprint density at radius 3 is 1.38 bits per heavy atom. The lowest BCUT2D eigenvalue weighted by molar-refractivity contribution is 0.371. The zero-order chi connectivity index (χ0) is 5.86. The molecule has 0 amide bonds. The second-order valence-corrected chi connectivity index (χ2v) is 2.16. The highest BCUT2D eigenvalue weighted by molar-refractivity contribution is 7.59. The fraction of sp³-hybridized carbons (Fsp3) is 0. The summed E-state index contributed by atoms with van der Waals surface area (Å²) < 4.78 is 22.2. The van der Waals surface area contributed by atoms with Crippen LogP contribution in [0.15, 0.2) is 0 Å². The van der Waals surface area contributed by atoms with E-state index in [4.69, 9.17) is 9.79 Å². The Morgan fingerprint density at radius 1 is 1.12 bits per heavy atom. The number of hydrogen-bond donors (Lipinski definition) is 2. The maximum Gasteiger partial charge on any atom is 0.745 e. The molecule has 2 N–H and O–H groups in total. The Bertz CT molecular complexity index is 86.6. The van der Waals surface area contributed by atoms with Gasteiger partial charge in [0, 0.05) is 9.13 Å². The lowest BCUT2D eigenvalue weighted by atomic mass is 15.8. The molecule has 8 heavy (non-hydrogen) atoms. The van der Waals surface area contributed by atoms with Crippen LogP contribution in [-0.2, 0) is 13.4 Å². The molecule has 0 aliphatic heterocycles. The van der Waals surface area contributed by atoms with Gasteiger partial charge in [-0.05, 0) is 0 Å². The first-order chi connectivity index (χ1) is 3.13. The predicted octanol–water partition coefficient (Wildman–Crippen LogP) is 0.415. The van der Waals surface area contributed by atoms with E-state index >= 15 is 0 Å². The highest BCUT2D eigenvalue weighted by Gasteiger charge is 2.31. The molecule has 0 aromatic rings. The SMILES string of the molecule is O=[P+](O)O[P+](=O)O.S. The second-order valence-electron chi connectivity index (χ2n) is 0.557. The van der Waals surface area contributed by atoms with Gasteiger partial charge in [-0.15, -0.1) is 9.79 Å². The van der Waals surface area contributed by atoms with Gasteiger partial charge in [0.15, 0.2) is 4.31 Å². The van der Waals surface area contributed by atoms with E-state index in [0.29, 0.717) is 0 Å². The van der Waals surface area contributed by atoms with Crippen LogP contribution in [0.5, 0.6) is 0 Å². The normalized spacial score (nSPS) is 11.8. The largest absolute Gasteiger partial charge is 0.745 e. The molecule has 0 rings (SSSR count). The molecule has 0 saturated heterocycles. The summed E-state index contributed by atoms with van der Waals surface area (Å²) in [6, 6.07) is 0. The monoisotopic (exact) mass is 178 g/mol. The molecule has 2 unspecified atom stereocenters. The highest BCUT2D eigenvalue weighted by atomic mass is 32.1. The van der Waals surface area contributed by atoms with Gasteiger partial charge in [-0.1, -0.05) is 0 Å². The van der Waals surface area contributed by atoms with E-state index in [1.807, 2.05) is 0 Å². The quantitative estimate of drug-likeness (QED) is 0.598. The smallest absolute Gasteiger partial charge is 0.197 e. The standard InChI is InChI=1S/O5P2.H2S/c1-6(2)5-7(3)4;/h;1H2/p+2. The van der Waals surface area contributed by atoms with Crippen LogP contribution in [0.4, 0.5) is 0 Å². The van der Waals surface area contributed by atoms with Gasteiger partial charge < -0.3 is 0 Å². The summed E-state index contributed by atoms with van der Waals surface area (Å²) in [6.45, 7) is 0. The van der Waals surface area contributed by atoms with Crippen molar-refractivity contribution in [3.05, 3.63) is 0 Å². The van der Waals surface area contributed by atoms with Crippen molar-refractivity contribution in [2.24, 2.45) is 0 Å². The molecule has 0 aromatic heterocycles. The summed E-state index contributed by atoms with van der Waals surface area (Å²) in [5, 5.41) is 0. The first kappa shape index (κ1) is 11.3. The third kappa shape index (κ3) is 9.66. The Morgan fingerprint density at radius 2 is 1.38 bits per heavy atom. The molecule has 0 aliphatic rings. The summed E-state index contributed by atoms with van der Waals surface area (Å²) in [5.41, 5.74) is 0. The number of hydrogen-bond acceptors (Lipinski definition) is 3. The fourth-order valence-corrected chi connectivity index (χ4v) is 0.538. The zero-order valence-electron chi connectivity index (χ0n) is 3.51. The van der Waals surface area contributed by atoms with Crippen LogP contribution in [0.3, 0.4) is 0 Å². The van der Waals surface area contributed by atoms with Crippen LogP contribution >= 0.6 is 30.0 Å². The Balaban J connectivity index is 0.